The molecule has 0 bridgehead atoms. The van der Waals surface area contributed by atoms with Gasteiger partial charge in [0.1, 0.15) is 6.54 Å². The molecule has 0 aliphatic heterocycles. The summed E-state index contributed by atoms with van der Waals surface area (Å²) in [7, 11) is 0. The van der Waals surface area contributed by atoms with E-state index in [0.29, 0.717) is 6.54 Å². The van der Waals surface area contributed by atoms with Crippen molar-refractivity contribution >= 4 is 33.4 Å². The topological polar surface area (TPSA) is 49.4 Å². The number of hydrogen-bond acceptors (Lipinski definition) is 2. The molecule has 0 spiro atoms. The minimum Gasteiger partial charge on any atom is -0.354 e. The van der Waals surface area contributed by atoms with Crippen molar-refractivity contribution in [2.24, 2.45) is 0 Å². The summed E-state index contributed by atoms with van der Waals surface area (Å²) in [5.41, 5.74) is 3.21. The molecule has 1 aromatic rings. The molecule has 0 radical (unpaired) electrons. The highest BCUT2D eigenvalue weighted by Crippen LogP contribution is 2.23. The van der Waals surface area contributed by atoms with Crippen molar-refractivity contribution in [3.8, 4) is 0 Å². The third-order valence-corrected chi connectivity index (χ3v) is 5.18. The summed E-state index contributed by atoms with van der Waals surface area (Å²) in [4.78, 5) is 25.6. The number of halogens is 1. The van der Waals surface area contributed by atoms with Gasteiger partial charge in [-0.3, -0.25) is 9.59 Å². The average molecular weight is 393 g/mol. The van der Waals surface area contributed by atoms with E-state index in [1.165, 1.54) is 30.2 Å². The number of benzene rings is 1. The van der Waals surface area contributed by atoms with Crippen molar-refractivity contribution in [3.05, 3.63) is 39.9 Å². The maximum Gasteiger partial charge on any atom is 0.240 e. The zero-order chi connectivity index (χ0) is 17.5. The SMILES string of the molecule is CC(=O)N(CC(=O)NCCC1=CCCCC1)c1ccc(Br)c(C)c1. The molecule has 1 aliphatic rings. The van der Waals surface area contributed by atoms with Gasteiger partial charge < -0.3 is 10.2 Å². The van der Waals surface area contributed by atoms with Crippen molar-refractivity contribution < 1.29 is 9.59 Å². The Morgan fingerprint density at radius 1 is 1.29 bits per heavy atom. The van der Waals surface area contributed by atoms with E-state index in [1.807, 2.05) is 25.1 Å². The third kappa shape index (κ3) is 5.48. The van der Waals surface area contributed by atoms with Crippen LogP contribution in [0.1, 0.15) is 44.6 Å². The first-order chi connectivity index (χ1) is 11.5. The van der Waals surface area contributed by atoms with E-state index in [0.717, 1.165) is 35.0 Å². The molecular weight excluding hydrogens is 368 g/mol. The summed E-state index contributed by atoms with van der Waals surface area (Å²) in [5, 5.41) is 2.93. The van der Waals surface area contributed by atoms with Crippen LogP contribution in [0.5, 0.6) is 0 Å². The Morgan fingerprint density at radius 2 is 2.08 bits per heavy atom. The largest absolute Gasteiger partial charge is 0.354 e. The van der Waals surface area contributed by atoms with E-state index < -0.39 is 0 Å². The Bertz CT molecular complexity index is 640. The molecular formula is C19H25BrN2O2. The van der Waals surface area contributed by atoms with E-state index in [-0.39, 0.29) is 18.4 Å². The first-order valence-electron chi connectivity index (χ1n) is 8.46. The number of rotatable bonds is 6. The molecule has 0 saturated carbocycles. The lowest BCUT2D eigenvalue weighted by Crippen LogP contribution is -2.40. The average Bonchev–Trinajstić information content (AvgIpc) is 2.56. The van der Waals surface area contributed by atoms with Crippen LogP contribution in [0.15, 0.2) is 34.3 Å². The number of nitrogens with one attached hydrogen (secondary N) is 1. The Hall–Kier alpha value is -1.62. The molecule has 0 fully saturated rings. The van der Waals surface area contributed by atoms with E-state index in [1.54, 1.807) is 0 Å². The zero-order valence-electron chi connectivity index (χ0n) is 14.4. The van der Waals surface area contributed by atoms with Crippen LogP contribution in [0.3, 0.4) is 0 Å². The number of allylic oxidation sites excluding steroid dienone is 1. The van der Waals surface area contributed by atoms with Crippen molar-refractivity contribution in [2.45, 2.75) is 46.0 Å². The molecule has 0 saturated heterocycles. The highest BCUT2D eigenvalue weighted by atomic mass is 79.9. The minimum absolute atomic E-state index is 0.0510. The van der Waals surface area contributed by atoms with Gasteiger partial charge in [0.15, 0.2) is 0 Å². The molecule has 0 unspecified atom stereocenters. The van der Waals surface area contributed by atoms with E-state index in [4.69, 9.17) is 0 Å². The number of carbonyl (C=O) groups excluding carboxylic acids is 2. The Morgan fingerprint density at radius 3 is 2.71 bits per heavy atom. The number of hydrogen-bond donors (Lipinski definition) is 1. The molecule has 1 aromatic carbocycles. The van der Waals surface area contributed by atoms with E-state index in [9.17, 15) is 9.59 Å². The fraction of sp³-hybridized carbons (Fsp3) is 0.474. The minimum atomic E-state index is -0.137. The van der Waals surface area contributed by atoms with Crippen LogP contribution in [0, 0.1) is 6.92 Å². The van der Waals surface area contributed by atoms with Crippen molar-refractivity contribution in [1.82, 2.24) is 5.32 Å². The van der Waals surface area contributed by atoms with Crippen LogP contribution in [-0.2, 0) is 9.59 Å². The quantitative estimate of drug-likeness (QED) is 0.740. The van der Waals surface area contributed by atoms with Crippen LogP contribution in [-0.4, -0.2) is 24.9 Å². The summed E-state index contributed by atoms with van der Waals surface area (Å²) in [6, 6.07) is 5.65. The molecule has 1 N–H and O–H groups in total. The second-order valence-electron chi connectivity index (χ2n) is 6.25. The number of aryl methyl sites for hydroxylation is 1. The molecule has 0 aromatic heterocycles. The highest BCUT2D eigenvalue weighted by Gasteiger charge is 2.16. The van der Waals surface area contributed by atoms with Crippen LogP contribution < -0.4 is 10.2 Å². The lowest BCUT2D eigenvalue weighted by Gasteiger charge is -2.21. The second kappa shape index (κ2) is 9.02. The maximum atomic E-state index is 12.2. The van der Waals surface area contributed by atoms with Crippen LogP contribution in [0.2, 0.25) is 0 Å². The summed E-state index contributed by atoms with van der Waals surface area (Å²) in [6.45, 7) is 4.13. The maximum absolute atomic E-state index is 12.2. The second-order valence-corrected chi connectivity index (χ2v) is 7.10. The molecule has 4 nitrogen and oxygen atoms in total. The lowest BCUT2D eigenvalue weighted by atomic mass is 9.97. The van der Waals surface area contributed by atoms with Crippen LogP contribution in [0.4, 0.5) is 5.69 Å². The lowest BCUT2D eigenvalue weighted by molar-refractivity contribution is -0.123. The Labute approximate surface area is 152 Å². The predicted octanol–water partition coefficient (Wildman–Crippen LogP) is 4.12. The van der Waals surface area contributed by atoms with Gasteiger partial charge in [0.25, 0.3) is 0 Å². The molecule has 130 valence electrons. The highest BCUT2D eigenvalue weighted by molar-refractivity contribution is 9.10. The predicted molar refractivity (Wildman–Crippen MR) is 101 cm³/mol. The normalized spacial score (nSPS) is 14.0. The molecule has 2 rings (SSSR count). The molecule has 24 heavy (non-hydrogen) atoms. The standard InChI is InChI=1S/C19H25BrN2O2/c1-14-12-17(8-9-18(14)20)22(15(2)23)13-19(24)21-11-10-16-6-4-3-5-7-16/h6,8-9,12H,3-5,7,10-11,13H2,1-2H3,(H,21,24). The van der Waals surface area contributed by atoms with Gasteiger partial charge in [0, 0.05) is 23.6 Å². The molecule has 0 heterocycles. The van der Waals surface area contributed by atoms with Gasteiger partial charge in [-0.1, -0.05) is 27.6 Å². The van der Waals surface area contributed by atoms with Gasteiger partial charge in [-0.2, -0.15) is 0 Å². The van der Waals surface area contributed by atoms with Gasteiger partial charge in [-0.05, 0) is 62.8 Å². The number of amides is 2. The van der Waals surface area contributed by atoms with Crippen molar-refractivity contribution in [3.63, 3.8) is 0 Å². The monoisotopic (exact) mass is 392 g/mol. The van der Waals surface area contributed by atoms with Gasteiger partial charge in [-0.25, -0.2) is 0 Å². The fourth-order valence-electron chi connectivity index (χ4n) is 2.87. The summed E-state index contributed by atoms with van der Waals surface area (Å²) < 4.78 is 0.986. The number of carbonyl (C=O) groups is 2. The van der Waals surface area contributed by atoms with Gasteiger partial charge in [-0.15, -0.1) is 0 Å². The van der Waals surface area contributed by atoms with E-state index in [2.05, 4.69) is 27.3 Å². The van der Waals surface area contributed by atoms with Crippen LogP contribution >= 0.6 is 15.9 Å². The summed E-state index contributed by atoms with van der Waals surface area (Å²) in [5.74, 6) is -0.260. The third-order valence-electron chi connectivity index (χ3n) is 4.29. The molecule has 1 aliphatic carbocycles. The van der Waals surface area contributed by atoms with Crippen molar-refractivity contribution in [1.29, 1.82) is 0 Å². The Balaban J connectivity index is 1.89. The van der Waals surface area contributed by atoms with Gasteiger partial charge in [0.05, 0.1) is 0 Å². The Kier molecular flexibility index (Phi) is 7.03. The smallest absolute Gasteiger partial charge is 0.240 e. The number of nitrogens with zero attached hydrogens (tertiary/aromatic N) is 1. The molecule has 0 atom stereocenters. The fourth-order valence-corrected chi connectivity index (χ4v) is 3.12. The van der Waals surface area contributed by atoms with Gasteiger partial charge >= 0.3 is 0 Å². The first-order valence-corrected chi connectivity index (χ1v) is 9.25. The molecule has 5 heteroatoms. The number of anilines is 1. The summed E-state index contributed by atoms with van der Waals surface area (Å²) >= 11 is 3.45. The first kappa shape index (κ1) is 18.7. The summed E-state index contributed by atoms with van der Waals surface area (Å²) in [6.07, 6.45) is 8.03. The molecule has 2 amide bonds. The van der Waals surface area contributed by atoms with E-state index >= 15 is 0 Å². The zero-order valence-corrected chi connectivity index (χ0v) is 16.0. The van der Waals surface area contributed by atoms with Crippen LogP contribution in [0.25, 0.3) is 0 Å². The van der Waals surface area contributed by atoms with Gasteiger partial charge in [0.2, 0.25) is 11.8 Å². The van der Waals surface area contributed by atoms with Crippen molar-refractivity contribution in [2.75, 3.05) is 18.0 Å².